The predicted octanol–water partition coefficient (Wildman–Crippen LogP) is 3.71. The number of fused-ring (bicyclic) bond motifs is 1. The molecule has 0 saturated carbocycles. The third-order valence-electron chi connectivity index (χ3n) is 4.03. The first kappa shape index (κ1) is 15.3. The molecule has 0 amide bonds. The van der Waals surface area contributed by atoms with E-state index < -0.39 is 0 Å². The van der Waals surface area contributed by atoms with E-state index in [1.54, 1.807) is 0 Å². The van der Waals surface area contributed by atoms with Crippen LogP contribution in [-0.2, 0) is 13.0 Å². The van der Waals surface area contributed by atoms with Crippen LogP contribution in [0.4, 0.5) is 5.69 Å². The summed E-state index contributed by atoms with van der Waals surface area (Å²) in [5.74, 6) is 0.726. The summed E-state index contributed by atoms with van der Waals surface area (Å²) in [7, 11) is 0. The van der Waals surface area contributed by atoms with Crippen LogP contribution in [0, 0.1) is 13.8 Å². The van der Waals surface area contributed by atoms with E-state index in [0.29, 0.717) is 11.9 Å². The fourth-order valence-corrected chi connectivity index (χ4v) is 2.64. The molecule has 2 N–H and O–H groups in total. The van der Waals surface area contributed by atoms with E-state index in [-0.39, 0.29) is 5.56 Å². The molecule has 0 radical (unpaired) electrons. The third-order valence-corrected chi connectivity index (χ3v) is 4.03. The maximum Gasteiger partial charge on any atom is 0.258 e. The van der Waals surface area contributed by atoms with Crippen LogP contribution in [0.2, 0.25) is 0 Å². The molecule has 1 aromatic heterocycles. The minimum Gasteiger partial charge on any atom is -0.381 e. The van der Waals surface area contributed by atoms with Gasteiger partial charge in [-0.2, -0.15) is 0 Å². The molecule has 0 aliphatic carbocycles. The molecule has 0 aliphatic heterocycles. The van der Waals surface area contributed by atoms with Gasteiger partial charge >= 0.3 is 0 Å². The maximum absolute atomic E-state index is 12.2. The number of aromatic nitrogens is 2. The van der Waals surface area contributed by atoms with Gasteiger partial charge in [-0.3, -0.25) is 4.79 Å². The topological polar surface area (TPSA) is 57.8 Å². The minimum atomic E-state index is -0.0690. The van der Waals surface area contributed by atoms with Crippen molar-refractivity contribution in [1.82, 2.24) is 9.97 Å². The molecule has 4 heteroatoms. The maximum atomic E-state index is 12.2. The van der Waals surface area contributed by atoms with Crippen LogP contribution < -0.4 is 10.9 Å². The number of hydrogen-bond donors (Lipinski definition) is 2. The first-order valence-corrected chi connectivity index (χ1v) is 7.90. The number of aryl methyl sites for hydroxylation is 3. The van der Waals surface area contributed by atoms with E-state index in [1.165, 1.54) is 11.1 Å². The Hall–Kier alpha value is -2.62. The second-order valence-electron chi connectivity index (χ2n) is 5.89. The second kappa shape index (κ2) is 6.24. The van der Waals surface area contributed by atoms with E-state index in [9.17, 15) is 4.79 Å². The summed E-state index contributed by atoms with van der Waals surface area (Å²) < 4.78 is 0. The molecule has 1 heterocycles. The Morgan fingerprint density at radius 3 is 2.74 bits per heavy atom. The predicted molar refractivity (Wildman–Crippen MR) is 95.0 cm³/mol. The van der Waals surface area contributed by atoms with Crippen molar-refractivity contribution < 1.29 is 0 Å². The van der Waals surface area contributed by atoms with Crippen molar-refractivity contribution in [2.45, 2.75) is 33.7 Å². The first-order valence-electron chi connectivity index (χ1n) is 7.90. The molecule has 23 heavy (non-hydrogen) atoms. The van der Waals surface area contributed by atoms with Crippen molar-refractivity contribution in [1.29, 1.82) is 0 Å². The van der Waals surface area contributed by atoms with Crippen molar-refractivity contribution in [3.63, 3.8) is 0 Å². The molecular formula is C19H21N3O. The van der Waals surface area contributed by atoms with Gasteiger partial charge in [0.2, 0.25) is 0 Å². The standard InChI is InChI=1S/C19H21N3O/c1-4-18-21-16-8-7-14(10-15(16)19(23)22-18)11-20-17-9-12(2)5-6-13(17)3/h5-10,20H,4,11H2,1-3H3,(H,21,22,23). The number of aromatic amines is 1. The lowest BCUT2D eigenvalue weighted by molar-refractivity contribution is 0.943. The summed E-state index contributed by atoms with van der Waals surface area (Å²) >= 11 is 0. The fraction of sp³-hybridized carbons (Fsp3) is 0.263. The van der Waals surface area contributed by atoms with Gasteiger partial charge in [-0.05, 0) is 48.7 Å². The van der Waals surface area contributed by atoms with E-state index in [4.69, 9.17) is 0 Å². The Labute approximate surface area is 135 Å². The van der Waals surface area contributed by atoms with Crippen LogP contribution in [0.15, 0.2) is 41.2 Å². The summed E-state index contributed by atoms with van der Waals surface area (Å²) in [5, 5.41) is 4.09. The molecular weight excluding hydrogens is 286 g/mol. The Bertz CT molecular complexity index is 912. The monoisotopic (exact) mass is 307 g/mol. The van der Waals surface area contributed by atoms with Gasteiger partial charge in [-0.1, -0.05) is 25.1 Å². The quantitative estimate of drug-likeness (QED) is 0.772. The van der Waals surface area contributed by atoms with Gasteiger partial charge in [0.15, 0.2) is 0 Å². The lowest BCUT2D eigenvalue weighted by Crippen LogP contribution is -2.12. The van der Waals surface area contributed by atoms with Gasteiger partial charge in [0, 0.05) is 18.7 Å². The zero-order chi connectivity index (χ0) is 16.4. The van der Waals surface area contributed by atoms with E-state index in [2.05, 4.69) is 47.3 Å². The number of hydrogen-bond acceptors (Lipinski definition) is 3. The van der Waals surface area contributed by atoms with Crippen molar-refractivity contribution in [2.24, 2.45) is 0 Å². The lowest BCUT2D eigenvalue weighted by Gasteiger charge is -2.11. The summed E-state index contributed by atoms with van der Waals surface area (Å²) in [6.45, 7) is 6.82. The second-order valence-corrected chi connectivity index (χ2v) is 5.89. The summed E-state index contributed by atoms with van der Waals surface area (Å²) in [4.78, 5) is 19.5. The van der Waals surface area contributed by atoms with E-state index >= 15 is 0 Å². The Morgan fingerprint density at radius 1 is 1.13 bits per heavy atom. The summed E-state index contributed by atoms with van der Waals surface area (Å²) in [5.41, 5.74) is 5.31. The van der Waals surface area contributed by atoms with Gasteiger partial charge in [0.05, 0.1) is 10.9 Å². The summed E-state index contributed by atoms with van der Waals surface area (Å²) in [6, 6.07) is 12.2. The van der Waals surface area contributed by atoms with Crippen molar-refractivity contribution in [3.05, 3.63) is 69.3 Å². The van der Waals surface area contributed by atoms with Gasteiger partial charge in [-0.15, -0.1) is 0 Å². The van der Waals surface area contributed by atoms with Gasteiger partial charge < -0.3 is 10.3 Å². The van der Waals surface area contributed by atoms with Gasteiger partial charge in [-0.25, -0.2) is 4.98 Å². The van der Waals surface area contributed by atoms with Crippen LogP contribution in [0.25, 0.3) is 10.9 Å². The molecule has 3 aromatic rings. The summed E-state index contributed by atoms with van der Waals surface area (Å²) in [6.07, 6.45) is 0.723. The largest absolute Gasteiger partial charge is 0.381 e. The Balaban J connectivity index is 1.88. The highest BCUT2D eigenvalue weighted by atomic mass is 16.1. The lowest BCUT2D eigenvalue weighted by atomic mass is 10.1. The highest BCUT2D eigenvalue weighted by molar-refractivity contribution is 5.78. The van der Waals surface area contributed by atoms with Crippen LogP contribution in [-0.4, -0.2) is 9.97 Å². The average molecular weight is 307 g/mol. The highest BCUT2D eigenvalue weighted by Gasteiger charge is 2.05. The zero-order valence-corrected chi connectivity index (χ0v) is 13.7. The van der Waals surface area contributed by atoms with Crippen molar-refractivity contribution >= 4 is 16.6 Å². The Kier molecular flexibility index (Phi) is 4.15. The van der Waals surface area contributed by atoms with Gasteiger partial charge in [0.1, 0.15) is 5.82 Å². The molecule has 118 valence electrons. The molecule has 2 aromatic carbocycles. The molecule has 0 aliphatic rings. The zero-order valence-electron chi connectivity index (χ0n) is 13.7. The molecule has 0 unspecified atom stereocenters. The number of benzene rings is 2. The average Bonchev–Trinajstić information content (AvgIpc) is 2.55. The fourth-order valence-electron chi connectivity index (χ4n) is 2.64. The third kappa shape index (κ3) is 3.26. The minimum absolute atomic E-state index is 0.0690. The van der Waals surface area contributed by atoms with Crippen molar-refractivity contribution in [3.8, 4) is 0 Å². The molecule has 0 saturated heterocycles. The molecule has 0 spiro atoms. The van der Waals surface area contributed by atoms with Gasteiger partial charge in [0.25, 0.3) is 5.56 Å². The van der Waals surface area contributed by atoms with E-state index in [1.807, 2.05) is 25.1 Å². The molecule has 4 nitrogen and oxygen atoms in total. The van der Waals surface area contributed by atoms with E-state index in [0.717, 1.165) is 29.0 Å². The van der Waals surface area contributed by atoms with Crippen molar-refractivity contribution in [2.75, 3.05) is 5.32 Å². The SMILES string of the molecule is CCc1nc2ccc(CNc3cc(C)ccc3C)cc2c(=O)[nH]1. The molecule has 0 bridgehead atoms. The molecule has 0 fully saturated rings. The van der Waals surface area contributed by atoms with Crippen LogP contribution in [0.1, 0.15) is 29.4 Å². The highest BCUT2D eigenvalue weighted by Crippen LogP contribution is 2.18. The first-order chi connectivity index (χ1) is 11.1. The Morgan fingerprint density at radius 2 is 1.96 bits per heavy atom. The number of nitrogens with zero attached hydrogens (tertiary/aromatic N) is 1. The van der Waals surface area contributed by atoms with Crippen LogP contribution in [0.5, 0.6) is 0 Å². The van der Waals surface area contributed by atoms with Crippen LogP contribution in [0.3, 0.4) is 0 Å². The number of H-pyrrole nitrogens is 1. The number of nitrogens with one attached hydrogen (secondary N) is 2. The number of anilines is 1. The van der Waals surface area contributed by atoms with Crippen LogP contribution >= 0.6 is 0 Å². The normalized spacial score (nSPS) is 10.9. The molecule has 0 atom stereocenters. The smallest absolute Gasteiger partial charge is 0.258 e. The molecule has 3 rings (SSSR count). The number of rotatable bonds is 4.